The number of para-hydroxylation sites is 2. The van der Waals surface area contributed by atoms with Gasteiger partial charge in [-0.15, -0.1) is 0 Å². The van der Waals surface area contributed by atoms with Crippen LogP contribution in [-0.4, -0.2) is 44.7 Å². The molecule has 1 aromatic carbocycles. The lowest BCUT2D eigenvalue weighted by molar-refractivity contribution is -0.150. The molecule has 8 nitrogen and oxygen atoms in total. The summed E-state index contributed by atoms with van der Waals surface area (Å²) in [6, 6.07) is 10.1. The summed E-state index contributed by atoms with van der Waals surface area (Å²) in [4.78, 5) is 27.6. The third-order valence-electron chi connectivity index (χ3n) is 6.06. The van der Waals surface area contributed by atoms with Gasteiger partial charge in [-0.25, -0.2) is 15.0 Å². The highest BCUT2D eigenvalue weighted by molar-refractivity contribution is 5.80. The summed E-state index contributed by atoms with van der Waals surface area (Å²) in [5.74, 6) is 0.490. The first-order chi connectivity index (χ1) is 14.2. The van der Waals surface area contributed by atoms with Crippen molar-refractivity contribution in [1.82, 2.24) is 19.5 Å². The van der Waals surface area contributed by atoms with Gasteiger partial charge in [-0.1, -0.05) is 12.1 Å². The van der Waals surface area contributed by atoms with Gasteiger partial charge in [0, 0.05) is 31.9 Å². The van der Waals surface area contributed by atoms with Crippen molar-refractivity contribution in [1.29, 1.82) is 5.26 Å². The highest BCUT2D eigenvalue weighted by Gasteiger charge is 2.50. The van der Waals surface area contributed by atoms with Crippen LogP contribution in [0, 0.1) is 16.7 Å². The van der Waals surface area contributed by atoms with E-state index in [1.807, 2.05) is 35.5 Å². The molecule has 1 unspecified atom stereocenters. The average Bonchev–Trinajstić information content (AvgIpc) is 3.30. The number of imidazole rings is 1. The molecule has 2 aliphatic heterocycles. The number of ether oxygens (including phenoxy) is 1. The monoisotopic (exact) mass is 388 g/mol. The van der Waals surface area contributed by atoms with Gasteiger partial charge in [0.15, 0.2) is 11.5 Å². The van der Waals surface area contributed by atoms with Crippen molar-refractivity contribution in [2.45, 2.75) is 31.9 Å². The molecule has 2 fully saturated rings. The zero-order valence-electron chi connectivity index (χ0n) is 15.9. The Kier molecular flexibility index (Phi) is 4.16. The highest BCUT2D eigenvalue weighted by atomic mass is 16.6. The Morgan fingerprint density at radius 3 is 2.79 bits per heavy atom. The van der Waals surface area contributed by atoms with Crippen molar-refractivity contribution >= 4 is 22.8 Å². The summed E-state index contributed by atoms with van der Waals surface area (Å²) >= 11 is 0. The fourth-order valence-corrected chi connectivity index (χ4v) is 4.51. The van der Waals surface area contributed by atoms with Crippen molar-refractivity contribution < 1.29 is 9.53 Å². The minimum atomic E-state index is -0.452. The summed E-state index contributed by atoms with van der Waals surface area (Å²) in [6.07, 6.45) is 6.85. The summed E-state index contributed by atoms with van der Waals surface area (Å²) < 4.78 is 7.83. The van der Waals surface area contributed by atoms with E-state index in [0.717, 1.165) is 11.0 Å². The van der Waals surface area contributed by atoms with Crippen LogP contribution in [0.4, 0.5) is 5.82 Å². The molecule has 0 aliphatic carbocycles. The van der Waals surface area contributed by atoms with E-state index in [1.165, 1.54) is 6.20 Å². The summed E-state index contributed by atoms with van der Waals surface area (Å²) in [7, 11) is 0. The number of nitrogens with zero attached hydrogens (tertiary/aromatic N) is 6. The minimum Gasteiger partial charge on any atom is -0.460 e. The second-order valence-electron chi connectivity index (χ2n) is 7.72. The molecule has 1 spiro atoms. The number of carbonyl (C=O) groups is 1. The SMILES string of the molecule is N#Cc1nccnc1N1CCC2(CC1)CC(Cn1cnc3ccccc31)OC2=O. The second-order valence-corrected chi connectivity index (χ2v) is 7.72. The van der Waals surface area contributed by atoms with E-state index in [1.54, 1.807) is 6.20 Å². The molecule has 29 heavy (non-hydrogen) atoms. The lowest BCUT2D eigenvalue weighted by Gasteiger charge is -2.37. The number of fused-ring (bicyclic) bond motifs is 1. The quantitative estimate of drug-likeness (QED) is 0.635. The number of cyclic esters (lactones) is 1. The van der Waals surface area contributed by atoms with Gasteiger partial charge in [-0.3, -0.25) is 4.79 Å². The Hall–Kier alpha value is -3.47. The molecule has 2 aromatic heterocycles. The molecule has 8 heteroatoms. The van der Waals surface area contributed by atoms with Crippen LogP contribution in [-0.2, 0) is 16.1 Å². The Bertz CT molecular complexity index is 1110. The number of piperidine rings is 1. The largest absolute Gasteiger partial charge is 0.460 e. The van der Waals surface area contributed by atoms with Crippen LogP contribution in [0.5, 0.6) is 0 Å². The van der Waals surface area contributed by atoms with Crippen molar-refractivity contribution in [3.05, 3.63) is 48.7 Å². The summed E-state index contributed by atoms with van der Waals surface area (Å²) in [5, 5.41) is 9.27. The van der Waals surface area contributed by atoms with Gasteiger partial charge in [0.25, 0.3) is 0 Å². The predicted molar refractivity (Wildman–Crippen MR) is 105 cm³/mol. The van der Waals surface area contributed by atoms with Gasteiger partial charge in [0.1, 0.15) is 12.2 Å². The Balaban J connectivity index is 1.29. The topological polar surface area (TPSA) is 96.9 Å². The molecular weight excluding hydrogens is 368 g/mol. The molecule has 0 amide bonds. The van der Waals surface area contributed by atoms with Crippen molar-refractivity contribution in [2.24, 2.45) is 5.41 Å². The fourth-order valence-electron chi connectivity index (χ4n) is 4.51. The summed E-state index contributed by atoms with van der Waals surface area (Å²) in [5.41, 5.74) is 1.86. The number of hydrogen-bond acceptors (Lipinski definition) is 7. The molecule has 3 aromatic rings. The number of carbonyl (C=O) groups excluding carboxylic acids is 1. The van der Waals surface area contributed by atoms with Crippen LogP contribution in [0.3, 0.4) is 0 Å². The molecule has 1 atom stereocenters. The molecule has 0 N–H and O–H groups in total. The fraction of sp³-hybridized carbons (Fsp3) is 0.381. The molecule has 0 bridgehead atoms. The van der Waals surface area contributed by atoms with Crippen molar-refractivity contribution in [3.8, 4) is 6.07 Å². The maximum atomic E-state index is 12.8. The van der Waals surface area contributed by atoms with E-state index >= 15 is 0 Å². The lowest BCUT2D eigenvalue weighted by Crippen LogP contribution is -2.43. The van der Waals surface area contributed by atoms with E-state index in [4.69, 9.17) is 4.74 Å². The van der Waals surface area contributed by atoms with E-state index in [2.05, 4.69) is 25.6 Å². The summed E-state index contributed by atoms with van der Waals surface area (Å²) in [6.45, 7) is 1.92. The van der Waals surface area contributed by atoms with Gasteiger partial charge < -0.3 is 14.2 Å². The standard InChI is InChI=1S/C21H20N6O2/c22-12-17-19(24-8-7-23-17)26-9-5-21(6-10-26)11-15(29-20(21)28)13-27-14-25-16-3-1-2-4-18(16)27/h1-4,7-8,14-15H,5-6,9-11,13H2. The van der Waals surface area contributed by atoms with Crippen LogP contribution < -0.4 is 4.90 Å². The molecular formula is C21H20N6O2. The van der Waals surface area contributed by atoms with E-state index < -0.39 is 5.41 Å². The first kappa shape index (κ1) is 17.6. The number of anilines is 1. The normalized spacial score (nSPS) is 20.7. The van der Waals surface area contributed by atoms with Crippen LogP contribution in [0.15, 0.2) is 43.0 Å². The third kappa shape index (κ3) is 2.99. The van der Waals surface area contributed by atoms with E-state index in [9.17, 15) is 10.1 Å². The van der Waals surface area contributed by atoms with Gasteiger partial charge in [0.2, 0.25) is 0 Å². The van der Waals surface area contributed by atoms with Crippen molar-refractivity contribution in [2.75, 3.05) is 18.0 Å². The predicted octanol–water partition coefficient (Wildman–Crippen LogP) is 2.30. The first-order valence-electron chi connectivity index (χ1n) is 9.75. The smallest absolute Gasteiger partial charge is 0.312 e. The molecule has 0 saturated carbocycles. The van der Waals surface area contributed by atoms with Crippen LogP contribution in [0.1, 0.15) is 25.0 Å². The first-order valence-corrected chi connectivity index (χ1v) is 9.75. The number of esters is 1. The maximum absolute atomic E-state index is 12.8. The number of aromatic nitrogens is 4. The van der Waals surface area contributed by atoms with Crippen molar-refractivity contribution in [3.63, 3.8) is 0 Å². The van der Waals surface area contributed by atoms with E-state index in [0.29, 0.717) is 50.4 Å². The van der Waals surface area contributed by atoms with Gasteiger partial charge in [-0.2, -0.15) is 5.26 Å². The Morgan fingerprint density at radius 2 is 1.97 bits per heavy atom. The number of rotatable bonds is 3. The Morgan fingerprint density at radius 1 is 1.17 bits per heavy atom. The highest BCUT2D eigenvalue weighted by Crippen LogP contribution is 2.44. The van der Waals surface area contributed by atoms with Gasteiger partial charge in [0.05, 0.1) is 29.3 Å². The van der Waals surface area contributed by atoms with Crippen LogP contribution in [0.25, 0.3) is 11.0 Å². The second kappa shape index (κ2) is 6.85. The zero-order chi connectivity index (χ0) is 19.8. The number of nitriles is 1. The molecule has 2 saturated heterocycles. The van der Waals surface area contributed by atoms with Gasteiger partial charge in [-0.05, 0) is 25.0 Å². The maximum Gasteiger partial charge on any atom is 0.312 e. The van der Waals surface area contributed by atoms with Gasteiger partial charge >= 0.3 is 5.97 Å². The minimum absolute atomic E-state index is 0.105. The molecule has 2 aliphatic rings. The number of benzene rings is 1. The van der Waals surface area contributed by atoms with Crippen LogP contribution >= 0.6 is 0 Å². The third-order valence-corrected chi connectivity index (χ3v) is 6.06. The van der Waals surface area contributed by atoms with E-state index in [-0.39, 0.29) is 12.1 Å². The lowest BCUT2D eigenvalue weighted by atomic mass is 9.76. The molecule has 146 valence electrons. The Labute approximate surface area is 167 Å². The number of hydrogen-bond donors (Lipinski definition) is 0. The average molecular weight is 388 g/mol. The molecule has 0 radical (unpaired) electrons. The van der Waals surface area contributed by atoms with Crippen LogP contribution in [0.2, 0.25) is 0 Å². The zero-order valence-corrected chi connectivity index (χ0v) is 15.9. The molecule has 4 heterocycles. The molecule has 5 rings (SSSR count).